The number of hydrogen-bond acceptors (Lipinski definition) is 0. The highest BCUT2D eigenvalue weighted by Crippen LogP contribution is 1.85. The Morgan fingerprint density at radius 3 is 2.20 bits per heavy atom. The Balaban J connectivity index is 2.54. The molecule has 0 bridgehead atoms. The predicted molar refractivity (Wildman–Crippen MR) is 16.3 cm³/mol. The fourth-order valence-corrected chi connectivity index (χ4v) is 0. The first-order chi connectivity index (χ1) is 2.27. The van der Waals surface area contributed by atoms with E-state index in [1.54, 1.807) is 0 Å². The highest BCUT2D eigenvalue weighted by molar-refractivity contribution is 6.18. The van der Waals surface area contributed by atoms with Gasteiger partial charge in [-0.05, 0) is 0 Å². The van der Waals surface area contributed by atoms with E-state index in [2.05, 4.69) is 11.6 Å². The molecule has 0 heterocycles. The molecule has 0 saturated carbocycles. The molecule has 1 unspecified atom stereocenters. The Morgan fingerprint density at radius 2 is 2.20 bits per heavy atom. The van der Waals surface area contributed by atoms with Gasteiger partial charge in [-0.1, -0.05) is 0 Å². The first-order valence-corrected chi connectivity index (χ1v) is 1.66. The van der Waals surface area contributed by atoms with Crippen molar-refractivity contribution in [3.05, 3.63) is 0 Å². The van der Waals surface area contributed by atoms with Crippen LogP contribution in [0.5, 0.6) is 0 Å². The second kappa shape index (κ2) is 2.42. The van der Waals surface area contributed by atoms with Crippen molar-refractivity contribution >= 4 is 11.6 Å². The van der Waals surface area contributed by atoms with Crippen molar-refractivity contribution in [2.24, 2.45) is 0 Å². The second-order valence-corrected chi connectivity index (χ2v) is 0.873. The summed E-state index contributed by atoms with van der Waals surface area (Å²) in [5.41, 5.74) is 0. The van der Waals surface area contributed by atoms with Crippen LogP contribution in [0.1, 0.15) is 0 Å². The third-order valence-electron chi connectivity index (χ3n) is 0.121. The van der Waals surface area contributed by atoms with Gasteiger partial charge < -0.3 is 0 Å². The second-order valence-electron chi connectivity index (χ2n) is 0.564. The molecule has 0 aliphatic carbocycles. The average molecular weight is 97.5 g/mol. The maximum Gasteiger partial charge on any atom is 0.244 e. The molecule has 0 aromatic rings. The summed E-state index contributed by atoms with van der Waals surface area (Å²) in [6.45, 7) is 0. The average Bonchev–Trinajstić information content (AvgIpc) is 1.38. The summed E-state index contributed by atoms with van der Waals surface area (Å²) < 4.78 is 10.7. The lowest BCUT2D eigenvalue weighted by atomic mass is 10.8. The third kappa shape index (κ3) is 4.18. The van der Waals surface area contributed by atoms with Crippen LogP contribution in [0.3, 0.4) is 0 Å². The third-order valence-corrected chi connectivity index (χ3v) is 0.364. The molecular weight excluding hydrogens is 94.5 g/mol. The van der Waals surface area contributed by atoms with Gasteiger partial charge in [0.05, 0.1) is 5.88 Å². The topological polar surface area (TPSA) is 19.9 Å². The smallest absolute Gasteiger partial charge is 0.212 e. The highest BCUT2D eigenvalue weighted by Gasteiger charge is 1.93. The fraction of sp³-hybridized carbons (Fsp3) is 1.00. The van der Waals surface area contributed by atoms with Gasteiger partial charge in [0.2, 0.25) is 6.36 Å². The summed E-state index contributed by atoms with van der Waals surface area (Å²) >= 11 is 4.65. The number of rotatable bonds is 1. The number of hydrogen-bond donors (Lipinski definition) is 0. The highest BCUT2D eigenvalue weighted by atomic mass is 35.5. The molecule has 1 radical (unpaired) electrons. The van der Waals surface area contributed by atoms with E-state index in [0.29, 0.717) is 0 Å². The SMILES string of the molecule is [O]C(F)CCl. The fourth-order valence-electron chi connectivity index (χ4n) is 0. The number of halogens is 2. The van der Waals surface area contributed by atoms with E-state index >= 15 is 0 Å². The van der Waals surface area contributed by atoms with Crippen LogP contribution < -0.4 is 0 Å². The van der Waals surface area contributed by atoms with Crippen LogP contribution >= 0.6 is 11.6 Å². The minimum absolute atomic E-state index is 0.444. The molecule has 0 aromatic carbocycles. The molecule has 3 heteroatoms. The van der Waals surface area contributed by atoms with E-state index in [-0.39, 0.29) is 0 Å². The van der Waals surface area contributed by atoms with Crippen molar-refractivity contribution in [2.75, 3.05) is 5.88 Å². The molecular formula is C2H3ClFO. The summed E-state index contributed by atoms with van der Waals surface area (Å²) in [6, 6.07) is 0. The Hall–Kier alpha value is 0.180. The summed E-state index contributed by atoms with van der Waals surface area (Å²) in [7, 11) is 0. The van der Waals surface area contributed by atoms with E-state index in [4.69, 9.17) is 5.11 Å². The molecule has 0 amide bonds. The summed E-state index contributed by atoms with van der Waals surface area (Å²) in [5.74, 6) is -0.444. The van der Waals surface area contributed by atoms with Gasteiger partial charge in [-0.3, -0.25) is 0 Å². The van der Waals surface area contributed by atoms with Crippen molar-refractivity contribution in [2.45, 2.75) is 6.36 Å². The summed E-state index contributed by atoms with van der Waals surface area (Å²) in [6.07, 6.45) is -2.10. The number of alkyl halides is 2. The van der Waals surface area contributed by atoms with Gasteiger partial charge in [0.15, 0.2) is 0 Å². The first kappa shape index (κ1) is 5.18. The standard InChI is InChI=1S/C2H3ClFO/c3-1-2(4)5/h2H,1H2. The zero-order chi connectivity index (χ0) is 4.28. The predicted octanol–water partition coefficient (Wildman–Crippen LogP) is 0.951. The molecule has 1 atom stereocenters. The van der Waals surface area contributed by atoms with E-state index < -0.39 is 12.2 Å². The minimum atomic E-state index is -2.10. The van der Waals surface area contributed by atoms with Crippen LogP contribution in [0.4, 0.5) is 4.39 Å². The van der Waals surface area contributed by atoms with Gasteiger partial charge in [0.1, 0.15) is 0 Å². The van der Waals surface area contributed by atoms with Crippen LogP contribution in [0.2, 0.25) is 0 Å². The van der Waals surface area contributed by atoms with Crippen molar-refractivity contribution in [1.29, 1.82) is 0 Å². The Morgan fingerprint density at radius 1 is 2.00 bits per heavy atom. The molecule has 1 nitrogen and oxygen atoms in total. The lowest BCUT2D eigenvalue weighted by molar-refractivity contribution is -0.00275. The van der Waals surface area contributed by atoms with Gasteiger partial charge in [-0.25, -0.2) is 4.39 Å². The molecule has 0 aromatic heterocycles. The van der Waals surface area contributed by atoms with E-state index in [0.717, 1.165) is 0 Å². The summed E-state index contributed by atoms with van der Waals surface area (Å²) in [5, 5.41) is 9.10. The molecule has 0 N–H and O–H groups in total. The van der Waals surface area contributed by atoms with E-state index in [1.807, 2.05) is 0 Å². The monoisotopic (exact) mass is 97.0 g/mol. The Labute approximate surface area is 34.4 Å². The summed E-state index contributed by atoms with van der Waals surface area (Å²) in [4.78, 5) is 0. The van der Waals surface area contributed by atoms with Gasteiger partial charge in [0.25, 0.3) is 0 Å². The lowest BCUT2D eigenvalue weighted by Crippen LogP contribution is -1.93. The van der Waals surface area contributed by atoms with Crippen molar-refractivity contribution < 1.29 is 9.50 Å². The van der Waals surface area contributed by atoms with Crippen LogP contribution in [0.15, 0.2) is 0 Å². The molecule has 5 heavy (non-hydrogen) atoms. The van der Waals surface area contributed by atoms with Gasteiger partial charge in [-0.15, -0.1) is 11.6 Å². The maximum absolute atomic E-state index is 10.7. The van der Waals surface area contributed by atoms with Crippen LogP contribution in [0, 0.1) is 0 Å². The van der Waals surface area contributed by atoms with Crippen LogP contribution in [-0.4, -0.2) is 12.2 Å². The van der Waals surface area contributed by atoms with Gasteiger partial charge >= 0.3 is 0 Å². The van der Waals surface area contributed by atoms with Gasteiger partial charge in [-0.2, -0.15) is 5.11 Å². The molecule has 0 aliphatic heterocycles. The van der Waals surface area contributed by atoms with Crippen molar-refractivity contribution in [1.82, 2.24) is 0 Å². The molecule has 0 aliphatic rings. The van der Waals surface area contributed by atoms with Crippen LogP contribution in [-0.2, 0) is 5.11 Å². The Kier molecular flexibility index (Phi) is 2.51. The minimum Gasteiger partial charge on any atom is -0.212 e. The van der Waals surface area contributed by atoms with Crippen molar-refractivity contribution in [3.8, 4) is 0 Å². The largest absolute Gasteiger partial charge is 0.244 e. The Bertz CT molecular complexity index is 23.6. The quantitative estimate of drug-likeness (QED) is 0.434. The zero-order valence-corrected chi connectivity index (χ0v) is 3.20. The maximum atomic E-state index is 10.7. The molecule has 0 fully saturated rings. The van der Waals surface area contributed by atoms with Gasteiger partial charge in [0, 0.05) is 0 Å². The molecule has 0 rings (SSSR count). The lowest BCUT2D eigenvalue weighted by Gasteiger charge is -1.79. The van der Waals surface area contributed by atoms with E-state index in [1.165, 1.54) is 0 Å². The first-order valence-electron chi connectivity index (χ1n) is 1.13. The molecule has 31 valence electrons. The van der Waals surface area contributed by atoms with Crippen molar-refractivity contribution in [3.63, 3.8) is 0 Å². The zero-order valence-electron chi connectivity index (χ0n) is 2.45. The van der Waals surface area contributed by atoms with E-state index in [9.17, 15) is 4.39 Å². The van der Waals surface area contributed by atoms with Crippen LogP contribution in [0.25, 0.3) is 0 Å². The molecule has 0 saturated heterocycles. The normalized spacial score (nSPS) is 15.0. The molecule has 0 spiro atoms.